The highest BCUT2D eigenvalue weighted by Gasteiger charge is 2.11. The highest BCUT2D eigenvalue weighted by atomic mass is 32.3. The van der Waals surface area contributed by atoms with Crippen molar-refractivity contribution in [3.8, 4) is 0 Å². The van der Waals surface area contributed by atoms with Crippen molar-refractivity contribution in [3.63, 3.8) is 0 Å². The Kier molecular flexibility index (Phi) is 3.84. The molecule has 0 amide bonds. The highest BCUT2D eigenvalue weighted by molar-refractivity contribution is 7.86. The van der Waals surface area contributed by atoms with E-state index in [9.17, 15) is 12.3 Å². The fourth-order valence-corrected chi connectivity index (χ4v) is 2.17. The van der Waals surface area contributed by atoms with Crippen LogP contribution in [0.1, 0.15) is 12.5 Å². The predicted molar refractivity (Wildman–Crippen MR) is 70.0 cm³/mol. The number of nitrogens with one attached hydrogen (secondary N) is 1. The van der Waals surface area contributed by atoms with Crippen molar-refractivity contribution in [2.24, 2.45) is 0 Å². The molecule has 5 nitrogen and oxygen atoms in total. The Bertz CT molecular complexity index is 667. The van der Waals surface area contributed by atoms with Gasteiger partial charge in [-0.15, -0.1) is 3.89 Å². The standard InChI is InChI=1S/C12H14FN3O2S/c1-2-16-7-6-12(15-16)14-9-10-4-3-5-11(8-10)19(13,17)18/h3-8H,2,9H2,1H3,(H,14,15). The maximum absolute atomic E-state index is 12.8. The molecule has 0 spiro atoms. The lowest BCUT2D eigenvalue weighted by atomic mass is 10.2. The second kappa shape index (κ2) is 5.40. The molecule has 1 aromatic carbocycles. The van der Waals surface area contributed by atoms with Gasteiger partial charge in [-0.2, -0.15) is 13.5 Å². The minimum atomic E-state index is -4.66. The summed E-state index contributed by atoms with van der Waals surface area (Å²) in [6.07, 6.45) is 1.84. The van der Waals surface area contributed by atoms with Gasteiger partial charge in [-0.25, -0.2) is 0 Å². The van der Waals surface area contributed by atoms with Gasteiger partial charge in [0.2, 0.25) is 0 Å². The molecule has 19 heavy (non-hydrogen) atoms. The molecule has 0 unspecified atom stereocenters. The van der Waals surface area contributed by atoms with Gasteiger partial charge in [0, 0.05) is 25.4 Å². The van der Waals surface area contributed by atoms with Gasteiger partial charge in [0.1, 0.15) is 5.82 Å². The van der Waals surface area contributed by atoms with Crippen molar-refractivity contribution in [1.29, 1.82) is 0 Å². The molecule has 1 heterocycles. The summed E-state index contributed by atoms with van der Waals surface area (Å²) in [5.74, 6) is 0.690. The van der Waals surface area contributed by atoms with Crippen molar-refractivity contribution < 1.29 is 12.3 Å². The van der Waals surface area contributed by atoms with Gasteiger partial charge in [-0.05, 0) is 24.6 Å². The van der Waals surface area contributed by atoms with Gasteiger partial charge in [0.05, 0.1) is 4.90 Å². The second-order valence-electron chi connectivity index (χ2n) is 4.00. The summed E-state index contributed by atoms with van der Waals surface area (Å²) in [5.41, 5.74) is 0.671. The Morgan fingerprint density at radius 3 is 2.79 bits per heavy atom. The molecule has 0 aliphatic rings. The molecule has 1 N–H and O–H groups in total. The van der Waals surface area contributed by atoms with E-state index < -0.39 is 10.2 Å². The quantitative estimate of drug-likeness (QED) is 0.854. The van der Waals surface area contributed by atoms with Crippen LogP contribution in [0.15, 0.2) is 41.4 Å². The summed E-state index contributed by atoms with van der Waals surface area (Å²) in [7, 11) is -4.66. The third-order valence-electron chi connectivity index (χ3n) is 2.62. The molecule has 0 saturated heterocycles. The van der Waals surface area contributed by atoms with E-state index in [-0.39, 0.29) is 4.90 Å². The smallest absolute Gasteiger partial charge is 0.332 e. The van der Waals surface area contributed by atoms with Gasteiger partial charge in [0.15, 0.2) is 0 Å². The first-order valence-electron chi connectivity index (χ1n) is 5.80. The number of rotatable bonds is 5. The van der Waals surface area contributed by atoms with Crippen molar-refractivity contribution in [2.75, 3.05) is 5.32 Å². The van der Waals surface area contributed by atoms with E-state index in [1.807, 2.05) is 19.2 Å². The number of nitrogens with zero attached hydrogens (tertiary/aromatic N) is 2. The first-order valence-corrected chi connectivity index (χ1v) is 7.18. The SMILES string of the molecule is CCn1ccc(NCc2cccc(S(=O)(=O)F)c2)n1. The molecule has 0 atom stereocenters. The second-order valence-corrected chi connectivity index (χ2v) is 5.34. The van der Waals surface area contributed by atoms with Crippen molar-refractivity contribution in [1.82, 2.24) is 9.78 Å². The molecule has 0 fully saturated rings. The van der Waals surface area contributed by atoms with E-state index in [4.69, 9.17) is 0 Å². The molecule has 1 aromatic heterocycles. The normalized spacial score (nSPS) is 11.5. The summed E-state index contributed by atoms with van der Waals surface area (Å²) in [5, 5.41) is 7.27. The topological polar surface area (TPSA) is 64.0 Å². The van der Waals surface area contributed by atoms with Crippen LogP contribution < -0.4 is 5.32 Å². The number of benzene rings is 1. The largest absolute Gasteiger partial charge is 0.365 e. The van der Waals surface area contributed by atoms with Gasteiger partial charge in [-0.1, -0.05) is 12.1 Å². The summed E-state index contributed by atoms with van der Waals surface area (Å²) >= 11 is 0. The first-order chi connectivity index (χ1) is 8.99. The van der Waals surface area contributed by atoms with E-state index in [1.54, 1.807) is 10.7 Å². The van der Waals surface area contributed by atoms with Crippen molar-refractivity contribution in [2.45, 2.75) is 24.9 Å². The van der Waals surface area contributed by atoms with E-state index in [2.05, 4.69) is 10.4 Å². The number of hydrogen-bond acceptors (Lipinski definition) is 4. The van der Waals surface area contributed by atoms with Crippen LogP contribution >= 0.6 is 0 Å². The molecule has 0 radical (unpaired) electrons. The Balaban J connectivity index is 2.07. The molecule has 0 bridgehead atoms. The average Bonchev–Trinajstić information content (AvgIpc) is 2.84. The van der Waals surface area contributed by atoms with Gasteiger partial charge in [-0.3, -0.25) is 4.68 Å². The van der Waals surface area contributed by atoms with Gasteiger partial charge in [0.25, 0.3) is 0 Å². The minimum absolute atomic E-state index is 0.328. The lowest BCUT2D eigenvalue weighted by molar-refractivity contribution is 0.552. The number of halogens is 1. The molecule has 0 aliphatic carbocycles. The summed E-state index contributed by atoms with van der Waals surface area (Å²) in [6, 6.07) is 7.58. The number of aryl methyl sites for hydroxylation is 1. The predicted octanol–water partition coefficient (Wildman–Crippen LogP) is 2.17. The molecule has 0 aliphatic heterocycles. The summed E-state index contributed by atoms with van der Waals surface area (Å²) in [6.45, 7) is 3.13. The third-order valence-corrected chi connectivity index (χ3v) is 3.44. The van der Waals surface area contributed by atoms with Crippen LogP contribution in [0, 0.1) is 0 Å². The highest BCUT2D eigenvalue weighted by Crippen LogP contribution is 2.15. The monoisotopic (exact) mass is 283 g/mol. The van der Waals surface area contributed by atoms with E-state index in [1.165, 1.54) is 18.2 Å². The fraction of sp³-hybridized carbons (Fsp3) is 0.250. The first kappa shape index (κ1) is 13.5. The minimum Gasteiger partial charge on any atom is -0.365 e. The molecular weight excluding hydrogens is 269 g/mol. The van der Waals surface area contributed by atoms with E-state index >= 15 is 0 Å². The molecular formula is C12H14FN3O2S. The molecule has 0 saturated carbocycles. The molecule has 2 aromatic rings. The van der Waals surface area contributed by atoms with Crippen LogP contribution in [0.5, 0.6) is 0 Å². The number of anilines is 1. The molecule has 2 rings (SSSR count). The van der Waals surface area contributed by atoms with Crippen LogP contribution in [-0.4, -0.2) is 18.2 Å². The molecule has 7 heteroatoms. The zero-order valence-electron chi connectivity index (χ0n) is 10.4. The van der Waals surface area contributed by atoms with Crippen LogP contribution in [0.4, 0.5) is 9.70 Å². The Morgan fingerprint density at radius 2 is 2.16 bits per heavy atom. The molecule has 102 valence electrons. The zero-order valence-corrected chi connectivity index (χ0v) is 11.2. The van der Waals surface area contributed by atoms with Crippen LogP contribution in [0.25, 0.3) is 0 Å². The van der Waals surface area contributed by atoms with Gasteiger partial charge < -0.3 is 5.32 Å². The van der Waals surface area contributed by atoms with E-state index in [0.29, 0.717) is 17.9 Å². The zero-order chi connectivity index (χ0) is 13.9. The average molecular weight is 283 g/mol. The number of aromatic nitrogens is 2. The van der Waals surface area contributed by atoms with Crippen molar-refractivity contribution >= 4 is 16.0 Å². The lowest BCUT2D eigenvalue weighted by Gasteiger charge is -2.04. The lowest BCUT2D eigenvalue weighted by Crippen LogP contribution is -2.03. The summed E-state index contributed by atoms with van der Waals surface area (Å²) in [4.78, 5) is -0.328. The van der Waals surface area contributed by atoms with Gasteiger partial charge >= 0.3 is 10.2 Å². The number of hydrogen-bond donors (Lipinski definition) is 1. The van der Waals surface area contributed by atoms with Crippen LogP contribution in [-0.2, 0) is 23.3 Å². The van der Waals surface area contributed by atoms with E-state index in [0.717, 1.165) is 6.54 Å². The Morgan fingerprint density at radius 1 is 1.37 bits per heavy atom. The Hall–Kier alpha value is -1.89. The Labute approximate surface area is 111 Å². The fourth-order valence-electron chi connectivity index (χ4n) is 1.63. The van der Waals surface area contributed by atoms with Crippen LogP contribution in [0.3, 0.4) is 0 Å². The van der Waals surface area contributed by atoms with Crippen molar-refractivity contribution in [3.05, 3.63) is 42.1 Å². The van der Waals surface area contributed by atoms with Crippen LogP contribution in [0.2, 0.25) is 0 Å². The maximum Gasteiger partial charge on any atom is 0.332 e. The maximum atomic E-state index is 12.8. The summed E-state index contributed by atoms with van der Waals surface area (Å²) < 4.78 is 36.2. The third kappa shape index (κ3) is 3.54.